The standard InChI is InChI=1S/C27H32N2O4/c1-5-32-22-14-10-21(11-15-22)29-26(30)24(20-8-12-23(13-9-20)33-18(2)3)25(27(29)31)28-16-6-7-19(4)17-28/h8-15,18-19H,5-7,16-17H2,1-4H3. The number of amides is 2. The van der Waals surface area contributed by atoms with Gasteiger partial charge in [-0.2, -0.15) is 0 Å². The third-order valence-corrected chi connectivity index (χ3v) is 5.95. The molecular formula is C27H32N2O4. The molecule has 33 heavy (non-hydrogen) atoms. The van der Waals surface area contributed by atoms with E-state index in [1.165, 1.54) is 4.90 Å². The van der Waals surface area contributed by atoms with Gasteiger partial charge >= 0.3 is 0 Å². The lowest BCUT2D eigenvalue weighted by atomic mass is 9.97. The summed E-state index contributed by atoms with van der Waals surface area (Å²) in [5, 5.41) is 0. The van der Waals surface area contributed by atoms with E-state index in [4.69, 9.17) is 9.47 Å². The summed E-state index contributed by atoms with van der Waals surface area (Å²) in [5.74, 6) is 1.35. The summed E-state index contributed by atoms with van der Waals surface area (Å²) in [7, 11) is 0. The number of likely N-dealkylation sites (tertiary alicyclic amines) is 1. The molecule has 2 amide bonds. The molecule has 6 nitrogen and oxygen atoms in total. The molecule has 174 valence electrons. The van der Waals surface area contributed by atoms with Crippen LogP contribution in [0.5, 0.6) is 11.5 Å². The van der Waals surface area contributed by atoms with Crippen molar-refractivity contribution in [2.75, 3.05) is 24.6 Å². The average Bonchev–Trinajstić information content (AvgIpc) is 3.05. The van der Waals surface area contributed by atoms with Crippen LogP contribution in [0.25, 0.3) is 5.57 Å². The van der Waals surface area contributed by atoms with E-state index in [9.17, 15) is 9.59 Å². The molecule has 0 spiro atoms. The van der Waals surface area contributed by atoms with Crippen LogP contribution in [-0.4, -0.2) is 42.5 Å². The minimum atomic E-state index is -0.296. The average molecular weight is 449 g/mol. The Labute approximate surface area is 195 Å². The molecule has 0 saturated carbocycles. The van der Waals surface area contributed by atoms with Crippen molar-refractivity contribution in [3.05, 3.63) is 59.8 Å². The number of hydrogen-bond acceptors (Lipinski definition) is 5. The Morgan fingerprint density at radius 1 is 0.970 bits per heavy atom. The quantitative estimate of drug-likeness (QED) is 0.565. The van der Waals surface area contributed by atoms with Gasteiger partial charge in [0.1, 0.15) is 17.2 Å². The number of ether oxygens (including phenoxy) is 2. The van der Waals surface area contributed by atoms with E-state index in [1.54, 1.807) is 24.3 Å². The zero-order chi connectivity index (χ0) is 23.5. The molecule has 2 aromatic rings. The van der Waals surface area contributed by atoms with E-state index in [-0.39, 0.29) is 17.9 Å². The molecule has 2 aliphatic rings. The third kappa shape index (κ3) is 4.75. The Kier molecular flexibility index (Phi) is 6.72. The molecule has 6 heteroatoms. The molecule has 0 aliphatic carbocycles. The molecule has 0 N–H and O–H groups in total. The molecule has 1 saturated heterocycles. The fraction of sp³-hybridized carbons (Fsp3) is 0.407. The maximum atomic E-state index is 13.7. The SMILES string of the molecule is CCOc1ccc(N2C(=O)C(c3ccc(OC(C)C)cc3)=C(N3CCCC(C)C3)C2=O)cc1. The predicted octanol–water partition coefficient (Wildman–Crippen LogP) is 4.89. The lowest BCUT2D eigenvalue weighted by molar-refractivity contribution is -0.120. The fourth-order valence-corrected chi connectivity index (χ4v) is 4.53. The van der Waals surface area contributed by atoms with Crippen LogP contribution in [0.1, 0.15) is 46.1 Å². The van der Waals surface area contributed by atoms with Gasteiger partial charge in [-0.15, -0.1) is 0 Å². The van der Waals surface area contributed by atoms with Crippen molar-refractivity contribution < 1.29 is 19.1 Å². The van der Waals surface area contributed by atoms with Crippen LogP contribution in [-0.2, 0) is 9.59 Å². The van der Waals surface area contributed by atoms with Gasteiger partial charge in [-0.05, 0) is 81.5 Å². The van der Waals surface area contributed by atoms with Gasteiger partial charge in [0.25, 0.3) is 11.8 Å². The third-order valence-electron chi connectivity index (χ3n) is 5.95. The van der Waals surface area contributed by atoms with Crippen LogP contribution in [0.2, 0.25) is 0 Å². The first-order chi connectivity index (χ1) is 15.9. The van der Waals surface area contributed by atoms with Crippen molar-refractivity contribution in [1.29, 1.82) is 0 Å². The summed E-state index contributed by atoms with van der Waals surface area (Å²) in [4.78, 5) is 30.7. The second-order valence-corrected chi connectivity index (χ2v) is 8.98. The van der Waals surface area contributed by atoms with E-state index < -0.39 is 0 Å². The minimum Gasteiger partial charge on any atom is -0.494 e. The second kappa shape index (κ2) is 9.69. The van der Waals surface area contributed by atoms with Gasteiger partial charge in [0.2, 0.25) is 0 Å². The number of carbonyl (C=O) groups is 2. The highest BCUT2D eigenvalue weighted by atomic mass is 16.5. The monoisotopic (exact) mass is 448 g/mol. The number of anilines is 1. The Bertz CT molecular complexity index is 1040. The lowest BCUT2D eigenvalue weighted by Crippen LogP contribution is -2.39. The van der Waals surface area contributed by atoms with Crippen molar-refractivity contribution in [3.63, 3.8) is 0 Å². The molecule has 4 rings (SSSR count). The molecule has 0 radical (unpaired) electrons. The van der Waals surface area contributed by atoms with Crippen molar-refractivity contribution in [2.24, 2.45) is 5.92 Å². The van der Waals surface area contributed by atoms with Crippen LogP contribution in [0.15, 0.2) is 54.2 Å². The van der Waals surface area contributed by atoms with Crippen molar-refractivity contribution >= 4 is 23.1 Å². The number of nitrogens with zero attached hydrogens (tertiary/aromatic N) is 2. The maximum absolute atomic E-state index is 13.7. The van der Waals surface area contributed by atoms with Crippen LogP contribution in [0.4, 0.5) is 5.69 Å². The van der Waals surface area contributed by atoms with Gasteiger partial charge in [-0.1, -0.05) is 19.1 Å². The summed E-state index contributed by atoms with van der Waals surface area (Å²) in [5.41, 5.74) is 2.23. The van der Waals surface area contributed by atoms with Gasteiger partial charge in [0.05, 0.1) is 24.0 Å². The first-order valence-electron chi connectivity index (χ1n) is 11.8. The first-order valence-corrected chi connectivity index (χ1v) is 11.8. The maximum Gasteiger partial charge on any atom is 0.282 e. The largest absolute Gasteiger partial charge is 0.494 e. The molecule has 1 unspecified atom stereocenters. The number of carbonyl (C=O) groups excluding carboxylic acids is 2. The Morgan fingerprint density at radius 3 is 2.24 bits per heavy atom. The topological polar surface area (TPSA) is 59.1 Å². The molecule has 1 fully saturated rings. The van der Waals surface area contributed by atoms with Crippen LogP contribution in [0.3, 0.4) is 0 Å². The summed E-state index contributed by atoms with van der Waals surface area (Å²) in [6, 6.07) is 14.6. The molecule has 0 bridgehead atoms. The molecular weight excluding hydrogens is 416 g/mol. The highest BCUT2D eigenvalue weighted by Gasteiger charge is 2.43. The van der Waals surface area contributed by atoms with Crippen LogP contribution < -0.4 is 14.4 Å². The summed E-state index contributed by atoms with van der Waals surface area (Å²) in [6.45, 7) is 10.1. The predicted molar refractivity (Wildman–Crippen MR) is 129 cm³/mol. The molecule has 0 aromatic heterocycles. The van der Waals surface area contributed by atoms with Gasteiger partial charge in [0, 0.05) is 13.1 Å². The Hall–Kier alpha value is -3.28. The fourth-order valence-electron chi connectivity index (χ4n) is 4.53. The highest BCUT2D eigenvalue weighted by Crippen LogP contribution is 2.37. The molecule has 2 aliphatic heterocycles. The number of rotatable bonds is 7. The van der Waals surface area contributed by atoms with Crippen molar-refractivity contribution in [1.82, 2.24) is 4.90 Å². The van der Waals surface area contributed by atoms with E-state index in [2.05, 4.69) is 11.8 Å². The van der Waals surface area contributed by atoms with E-state index in [0.29, 0.717) is 35.2 Å². The highest BCUT2D eigenvalue weighted by molar-refractivity contribution is 6.45. The van der Waals surface area contributed by atoms with Crippen LogP contribution >= 0.6 is 0 Å². The van der Waals surface area contributed by atoms with Gasteiger partial charge in [-0.3, -0.25) is 9.59 Å². The Morgan fingerprint density at radius 2 is 1.64 bits per heavy atom. The normalized spacial score (nSPS) is 19.0. The summed E-state index contributed by atoms with van der Waals surface area (Å²) < 4.78 is 11.3. The molecule has 2 aromatic carbocycles. The first kappa shape index (κ1) is 22.9. The molecule has 1 atom stereocenters. The van der Waals surface area contributed by atoms with E-state index in [1.807, 2.05) is 45.0 Å². The molecule has 2 heterocycles. The number of piperidine rings is 1. The minimum absolute atomic E-state index is 0.0605. The smallest absolute Gasteiger partial charge is 0.282 e. The summed E-state index contributed by atoms with van der Waals surface area (Å²) in [6.07, 6.45) is 2.19. The van der Waals surface area contributed by atoms with Gasteiger partial charge in [-0.25, -0.2) is 4.90 Å². The van der Waals surface area contributed by atoms with Gasteiger partial charge < -0.3 is 14.4 Å². The number of hydrogen-bond donors (Lipinski definition) is 0. The summed E-state index contributed by atoms with van der Waals surface area (Å²) >= 11 is 0. The van der Waals surface area contributed by atoms with E-state index in [0.717, 1.165) is 37.2 Å². The van der Waals surface area contributed by atoms with Crippen molar-refractivity contribution in [3.8, 4) is 11.5 Å². The van der Waals surface area contributed by atoms with Crippen molar-refractivity contribution in [2.45, 2.75) is 46.6 Å². The lowest BCUT2D eigenvalue weighted by Gasteiger charge is -2.33. The Balaban J connectivity index is 1.73. The van der Waals surface area contributed by atoms with E-state index >= 15 is 0 Å². The second-order valence-electron chi connectivity index (χ2n) is 8.98. The zero-order valence-corrected chi connectivity index (χ0v) is 19.8. The van der Waals surface area contributed by atoms with Gasteiger partial charge in [0.15, 0.2) is 0 Å². The number of benzene rings is 2. The number of imide groups is 1. The van der Waals surface area contributed by atoms with Crippen LogP contribution in [0, 0.1) is 5.92 Å². The zero-order valence-electron chi connectivity index (χ0n) is 19.8.